The zero-order valence-electron chi connectivity index (χ0n) is 24.9. The van der Waals surface area contributed by atoms with E-state index in [0.29, 0.717) is 11.3 Å². The Morgan fingerprint density at radius 3 is 2.42 bits per heavy atom. The molecule has 2 fully saturated rings. The van der Waals surface area contributed by atoms with Gasteiger partial charge in [0.1, 0.15) is 0 Å². The number of methoxy groups -OCH3 is 2. The standard InChI is InChI=1S/C29H41N3O3S.C2HF3O2/c1-4-5-17-30-28(33)31-36-24-13-15-29(23-11-12-25(34-2)26(20-23)35-3)16-19-32(27(29)21-24)18-14-22-9-7-6-8-10-22;3-2(4,5)1(6)7/h6-12,20,24,27H,4-5,13-19,21H2,1-3H3,(H2,30,31,33);(H,6,7). The molecule has 1 heterocycles. The van der Waals surface area contributed by atoms with Crippen molar-refractivity contribution in [3.63, 3.8) is 0 Å². The molecule has 1 aliphatic heterocycles. The summed E-state index contributed by atoms with van der Waals surface area (Å²) in [6.07, 6.45) is 2.44. The van der Waals surface area contributed by atoms with Crippen molar-refractivity contribution in [3.8, 4) is 11.5 Å². The van der Waals surface area contributed by atoms with Gasteiger partial charge in [-0.15, -0.1) is 0 Å². The lowest BCUT2D eigenvalue weighted by atomic mass is 9.66. The van der Waals surface area contributed by atoms with E-state index in [9.17, 15) is 18.0 Å². The minimum atomic E-state index is -5.08. The number of hydrogen-bond acceptors (Lipinski definition) is 6. The minimum absolute atomic E-state index is 0.0717. The van der Waals surface area contributed by atoms with E-state index in [0.717, 1.165) is 76.1 Å². The Hall–Kier alpha value is -3.12. The second-order valence-electron chi connectivity index (χ2n) is 10.8. The number of benzene rings is 2. The molecule has 2 aromatic carbocycles. The maximum Gasteiger partial charge on any atom is 0.490 e. The fourth-order valence-corrected chi connectivity index (χ4v) is 6.80. The van der Waals surface area contributed by atoms with Crippen LogP contribution in [0.4, 0.5) is 18.0 Å². The maximum absolute atomic E-state index is 12.2. The molecule has 3 unspecified atom stereocenters. The van der Waals surface area contributed by atoms with Crippen molar-refractivity contribution in [2.75, 3.05) is 33.9 Å². The van der Waals surface area contributed by atoms with Gasteiger partial charge in [-0.25, -0.2) is 9.59 Å². The number of rotatable bonds is 11. The molecule has 2 aromatic rings. The van der Waals surface area contributed by atoms with Crippen molar-refractivity contribution in [1.29, 1.82) is 0 Å². The van der Waals surface area contributed by atoms with Gasteiger partial charge in [0.2, 0.25) is 0 Å². The number of carbonyl (C=O) groups is 2. The van der Waals surface area contributed by atoms with E-state index in [1.165, 1.54) is 11.1 Å². The predicted molar refractivity (Wildman–Crippen MR) is 162 cm³/mol. The Bertz CT molecular complexity index is 1190. The van der Waals surface area contributed by atoms with Crippen molar-refractivity contribution in [1.82, 2.24) is 14.9 Å². The van der Waals surface area contributed by atoms with E-state index in [2.05, 4.69) is 70.4 Å². The largest absolute Gasteiger partial charge is 0.493 e. The maximum atomic E-state index is 12.2. The van der Waals surface area contributed by atoms with E-state index >= 15 is 0 Å². The number of likely N-dealkylation sites (tertiary alicyclic amines) is 1. The van der Waals surface area contributed by atoms with Crippen LogP contribution in [0.2, 0.25) is 0 Å². The predicted octanol–water partition coefficient (Wildman–Crippen LogP) is 6.19. The van der Waals surface area contributed by atoms with Crippen LogP contribution in [-0.2, 0) is 16.6 Å². The van der Waals surface area contributed by atoms with E-state index < -0.39 is 12.1 Å². The summed E-state index contributed by atoms with van der Waals surface area (Å²) in [7, 11) is 3.40. The molecule has 4 rings (SSSR count). The number of carboxylic acid groups (broad SMARTS) is 1. The van der Waals surface area contributed by atoms with Crippen LogP contribution in [-0.4, -0.2) is 73.3 Å². The molecule has 1 saturated heterocycles. The zero-order chi connectivity index (χ0) is 31.5. The Labute approximate surface area is 255 Å². The van der Waals surface area contributed by atoms with Crippen LogP contribution in [0.5, 0.6) is 11.5 Å². The zero-order valence-corrected chi connectivity index (χ0v) is 25.7. The van der Waals surface area contributed by atoms with Gasteiger partial charge in [-0.1, -0.05) is 49.7 Å². The summed E-state index contributed by atoms with van der Waals surface area (Å²) in [5, 5.41) is 10.5. The number of unbranched alkanes of at least 4 members (excludes halogenated alkanes) is 1. The number of ether oxygens (including phenoxy) is 2. The van der Waals surface area contributed by atoms with Gasteiger partial charge in [-0.2, -0.15) is 13.2 Å². The van der Waals surface area contributed by atoms with Crippen LogP contribution in [0.25, 0.3) is 0 Å². The third kappa shape index (κ3) is 9.43. The van der Waals surface area contributed by atoms with Gasteiger partial charge in [0.25, 0.3) is 0 Å². The number of amides is 2. The van der Waals surface area contributed by atoms with Gasteiger partial charge in [-0.05, 0) is 80.3 Å². The molecule has 3 N–H and O–H groups in total. The first-order valence-electron chi connectivity index (χ1n) is 14.5. The summed E-state index contributed by atoms with van der Waals surface area (Å²) < 4.78 is 46.0. The van der Waals surface area contributed by atoms with Crippen LogP contribution in [0.1, 0.15) is 56.6 Å². The average molecular weight is 626 g/mol. The molecule has 3 atom stereocenters. The molecule has 1 aliphatic carbocycles. The average Bonchev–Trinajstić information content (AvgIpc) is 3.38. The Morgan fingerprint density at radius 1 is 1.09 bits per heavy atom. The summed E-state index contributed by atoms with van der Waals surface area (Å²) in [6.45, 7) is 5.00. The van der Waals surface area contributed by atoms with Crippen molar-refractivity contribution in [2.24, 2.45) is 0 Å². The molecular formula is C31H42F3N3O5S. The van der Waals surface area contributed by atoms with Gasteiger partial charge >= 0.3 is 18.2 Å². The molecule has 2 aliphatic rings. The van der Waals surface area contributed by atoms with Crippen LogP contribution >= 0.6 is 11.9 Å². The molecule has 238 valence electrons. The minimum Gasteiger partial charge on any atom is -0.493 e. The number of nitrogens with zero attached hydrogens (tertiary/aromatic N) is 1. The van der Waals surface area contributed by atoms with E-state index in [1.807, 2.05) is 0 Å². The Morgan fingerprint density at radius 2 is 1.79 bits per heavy atom. The van der Waals surface area contributed by atoms with Gasteiger partial charge in [0.05, 0.1) is 14.2 Å². The van der Waals surface area contributed by atoms with Crippen LogP contribution in [0.3, 0.4) is 0 Å². The van der Waals surface area contributed by atoms with Crippen molar-refractivity contribution >= 4 is 23.9 Å². The van der Waals surface area contributed by atoms with Crippen molar-refractivity contribution in [2.45, 2.75) is 74.8 Å². The lowest BCUT2D eigenvalue weighted by Crippen LogP contribution is -2.49. The number of halogens is 3. The summed E-state index contributed by atoms with van der Waals surface area (Å²) >= 11 is 1.60. The highest BCUT2D eigenvalue weighted by atomic mass is 32.2. The molecule has 0 aromatic heterocycles. The quantitative estimate of drug-likeness (QED) is 0.202. The molecule has 43 heavy (non-hydrogen) atoms. The van der Waals surface area contributed by atoms with Gasteiger partial charge < -0.3 is 19.9 Å². The Balaban J connectivity index is 0.000000646. The molecule has 0 bridgehead atoms. The summed E-state index contributed by atoms with van der Waals surface area (Å²) in [4.78, 5) is 23.8. The number of carboxylic acids is 1. The fraction of sp³-hybridized carbons (Fsp3) is 0.548. The Kier molecular flexibility index (Phi) is 12.9. The first-order chi connectivity index (χ1) is 20.5. The summed E-state index contributed by atoms with van der Waals surface area (Å²) in [6, 6.07) is 17.6. The number of nitrogens with one attached hydrogen (secondary N) is 2. The highest BCUT2D eigenvalue weighted by molar-refractivity contribution is 7.98. The molecule has 2 amide bonds. The molecule has 8 nitrogen and oxygen atoms in total. The number of alkyl halides is 3. The van der Waals surface area contributed by atoms with Gasteiger partial charge in [0, 0.05) is 29.8 Å². The van der Waals surface area contributed by atoms with E-state index in [-0.39, 0.29) is 11.4 Å². The monoisotopic (exact) mass is 625 g/mol. The highest BCUT2D eigenvalue weighted by Crippen LogP contribution is 2.51. The molecular weight excluding hydrogens is 583 g/mol. The van der Waals surface area contributed by atoms with Crippen molar-refractivity contribution in [3.05, 3.63) is 59.7 Å². The first-order valence-corrected chi connectivity index (χ1v) is 15.4. The normalized spacial score (nSPS) is 21.6. The summed E-state index contributed by atoms with van der Waals surface area (Å²) in [5.74, 6) is -1.18. The number of carbonyl (C=O) groups excluding carboxylic acids is 1. The first kappa shape index (κ1) is 34.4. The summed E-state index contributed by atoms with van der Waals surface area (Å²) in [5.41, 5.74) is 2.82. The lowest BCUT2D eigenvalue weighted by Gasteiger charge is -2.45. The van der Waals surface area contributed by atoms with Crippen LogP contribution in [0.15, 0.2) is 48.5 Å². The number of urea groups is 1. The SMILES string of the molecule is CCCCNC(=O)NSC1CCC2(c3ccc(OC)c(OC)c3)CCN(CCc3ccccc3)C2C1.O=C(O)C(F)(F)F. The van der Waals surface area contributed by atoms with E-state index in [1.54, 1.807) is 26.2 Å². The van der Waals surface area contributed by atoms with Crippen LogP contribution in [0, 0.1) is 0 Å². The van der Waals surface area contributed by atoms with Gasteiger partial charge in [0.15, 0.2) is 11.5 Å². The molecule has 12 heteroatoms. The van der Waals surface area contributed by atoms with E-state index in [4.69, 9.17) is 19.4 Å². The second-order valence-corrected chi connectivity index (χ2v) is 11.9. The molecule has 1 saturated carbocycles. The second kappa shape index (κ2) is 16.1. The number of hydrogen-bond donors (Lipinski definition) is 3. The van der Waals surface area contributed by atoms with Gasteiger partial charge in [-0.3, -0.25) is 9.62 Å². The number of fused-ring (bicyclic) bond motifs is 1. The molecule has 0 radical (unpaired) electrons. The van der Waals surface area contributed by atoms with Crippen molar-refractivity contribution < 1.29 is 37.3 Å². The highest BCUT2D eigenvalue weighted by Gasteiger charge is 2.51. The number of aliphatic carboxylic acids is 1. The third-order valence-corrected chi connectivity index (χ3v) is 9.25. The topological polar surface area (TPSA) is 100 Å². The van der Waals surface area contributed by atoms with Crippen LogP contribution < -0.4 is 19.5 Å². The lowest BCUT2D eigenvalue weighted by molar-refractivity contribution is -0.192. The molecule has 0 spiro atoms. The fourth-order valence-electron chi connectivity index (χ4n) is 5.94. The smallest absolute Gasteiger partial charge is 0.490 e. The third-order valence-electron chi connectivity index (χ3n) is 8.19.